The number of halogens is 3. The minimum Gasteiger partial charge on any atom is -0.465 e. The lowest BCUT2D eigenvalue weighted by molar-refractivity contribution is -0.137. The lowest BCUT2D eigenvalue weighted by Crippen LogP contribution is -2.47. The van der Waals surface area contributed by atoms with Crippen LogP contribution in [0.1, 0.15) is 15.9 Å². The van der Waals surface area contributed by atoms with Crippen molar-refractivity contribution < 1.29 is 22.7 Å². The van der Waals surface area contributed by atoms with E-state index in [9.17, 15) is 18.0 Å². The van der Waals surface area contributed by atoms with Crippen LogP contribution in [0.2, 0.25) is 0 Å². The predicted molar refractivity (Wildman–Crippen MR) is 130 cm³/mol. The number of carbonyl (C=O) groups is 1. The summed E-state index contributed by atoms with van der Waals surface area (Å²) in [5.74, 6) is 0.721. The fourth-order valence-corrected chi connectivity index (χ4v) is 4.19. The van der Waals surface area contributed by atoms with Crippen LogP contribution in [0, 0.1) is 0 Å². The molecule has 1 saturated heterocycles. The smallest absolute Gasteiger partial charge is 0.417 e. The topological polar surface area (TPSA) is 71.5 Å². The summed E-state index contributed by atoms with van der Waals surface area (Å²) in [7, 11) is 1.33. The fourth-order valence-electron chi connectivity index (χ4n) is 4.19. The van der Waals surface area contributed by atoms with E-state index in [0.717, 1.165) is 23.5 Å². The summed E-state index contributed by atoms with van der Waals surface area (Å²) in [6, 6.07) is 17.2. The van der Waals surface area contributed by atoms with E-state index in [1.807, 2.05) is 35.2 Å². The minimum atomic E-state index is -4.42. The van der Waals surface area contributed by atoms with Gasteiger partial charge in [-0.1, -0.05) is 30.3 Å². The van der Waals surface area contributed by atoms with Crippen molar-refractivity contribution in [2.45, 2.75) is 6.18 Å². The molecule has 2 aromatic heterocycles. The van der Waals surface area contributed by atoms with Crippen LogP contribution in [-0.2, 0) is 10.9 Å². The van der Waals surface area contributed by atoms with Gasteiger partial charge in [0.2, 0.25) is 0 Å². The zero-order valence-electron chi connectivity index (χ0n) is 19.4. The summed E-state index contributed by atoms with van der Waals surface area (Å²) in [5, 5.41) is 0. The Morgan fingerprint density at radius 1 is 0.889 bits per heavy atom. The number of hydrogen-bond acceptors (Lipinski definition) is 7. The average Bonchev–Trinajstić information content (AvgIpc) is 2.91. The van der Waals surface area contributed by atoms with Gasteiger partial charge in [-0.2, -0.15) is 13.2 Å². The molecule has 36 heavy (non-hydrogen) atoms. The summed E-state index contributed by atoms with van der Waals surface area (Å²) in [4.78, 5) is 29.8. The summed E-state index contributed by atoms with van der Waals surface area (Å²) in [6.45, 7) is 2.24. The molecule has 1 aliphatic heterocycles. The van der Waals surface area contributed by atoms with Crippen LogP contribution in [0.5, 0.6) is 0 Å². The van der Waals surface area contributed by atoms with Crippen molar-refractivity contribution in [3.8, 4) is 11.3 Å². The van der Waals surface area contributed by atoms with E-state index >= 15 is 0 Å². The monoisotopic (exact) mass is 493 g/mol. The molecule has 3 heterocycles. The van der Waals surface area contributed by atoms with Gasteiger partial charge in [0.1, 0.15) is 11.5 Å². The number of ether oxygens (including phenoxy) is 1. The molecule has 7 nitrogen and oxygen atoms in total. The van der Waals surface area contributed by atoms with Gasteiger partial charge in [0.25, 0.3) is 0 Å². The number of alkyl halides is 3. The largest absolute Gasteiger partial charge is 0.465 e. The first-order valence-electron chi connectivity index (χ1n) is 11.3. The highest BCUT2D eigenvalue weighted by Crippen LogP contribution is 2.32. The molecule has 0 atom stereocenters. The maximum Gasteiger partial charge on any atom is 0.417 e. The lowest BCUT2D eigenvalue weighted by atomic mass is 10.1. The molecule has 1 fully saturated rings. The van der Waals surface area contributed by atoms with Gasteiger partial charge in [-0.05, 0) is 30.3 Å². The van der Waals surface area contributed by atoms with E-state index < -0.39 is 17.7 Å². The molecule has 0 unspecified atom stereocenters. The van der Waals surface area contributed by atoms with Gasteiger partial charge < -0.3 is 14.5 Å². The summed E-state index contributed by atoms with van der Waals surface area (Å²) >= 11 is 0. The van der Waals surface area contributed by atoms with E-state index in [1.54, 1.807) is 18.2 Å². The van der Waals surface area contributed by atoms with Crippen molar-refractivity contribution in [3.05, 3.63) is 78.0 Å². The minimum absolute atomic E-state index is 0.385. The summed E-state index contributed by atoms with van der Waals surface area (Å²) < 4.78 is 43.5. The normalized spacial score (nSPS) is 14.2. The number of benzene rings is 2. The molecule has 4 aromatic rings. The van der Waals surface area contributed by atoms with E-state index in [1.165, 1.54) is 13.2 Å². The molecule has 0 bridgehead atoms. The number of carbonyl (C=O) groups excluding carboxylic acids is 1. The SMILES string of the molecule is COC(=O)c1ccc2nc(-c3ccccc3)c(N3CCN(c4ccc(C(F)(F)F)cn4)CC3)nc2c1. The second-order valence-corrected chi connectivity index (χ2v) is 8.33. The molecule has 0 saturated carbocycles. The highest BCUT2D eigenvalue weighted by Gasteiger charge is 2.31. The number of esters is 1. The molecule has 2 aromatic carbocycles. The molecular formula is C26H22F3N5O2. The Kier molecular flexibility index (Phi) is 6.17. The molecular weight excluding hydrogens is 471 g/mol. The maximum atomic E-state index is 12.9. The fraction of sp³-hybridized carbons (Fsp3) is 0.231. The first-order valence-corrected chi connectivity index (χ1v) is 11.3. The molecule has 10 heteroatoms. The van der Waals surface area contributed by atoms with Crippen LogP contribution in [-0.4, -0.2) is 54.2 Å². The Labute approximate surface area is 205 Å². The van der Waals surface area contributed by atoms with Crippen LogP contribution in [0.25, 0.3) is 22.3 Å². The van der Waals surface area contributed by atoms with Crippen molar-refractivity contribution in [1.82, 2.24) is 15.0 Å². The molecule has 0 amide bonds. The number of methoxy groups -OCH3 is 1. The van der Waals surface area contributed by atoms with E-state index in [0.29, 0.717) is 54.4 Å². The number of anilines is 2. The van der Waals surface area contributed by atoms with Crippen molar-refractivity contribution in [1.29, 1.82) is 0 Å². The molecule has 0 spiro atoms. The van der Waals surface area contributed by atoms with E-state index in [-0.39, 0.29) is 0 Å². The standard InChI is InChI=1S/C26H22F3N5O2/c1-36-25(35)18-7-9-20-21(15-18)32-24(23(31-20)17-5-3-2-4-6-17)34-13-11-33(12-14-34)22-10-8-19(16-30-22)26(27,28)29/h2-10,15-16H,11-14H2,1H3. The van der Waals surface area contributed by atoms with Gasteiger partial charge in [-0.15, -0.1) is 0 Å². The highest BCUT2D eigenvalue weighted by atomic mass is 19.4. The second-order valence-electron chi connectivity index (χ2n) is 8.33. The van der Waals surface area contributed by atoms with Crippen LogP contribution < -0.4 is 9.80 Å². The number of pyridine rings is 1. The Bertz CT molecular complexity index is 1390. The van der Waals surface area contributed by atoms with Crippen LogP contribution in [0.4, 0.5) is 24.8 Å². The molecule has 184 valence electrons. The Morgan fingerprint density at radius 3 is 2.25 bits per heavy atom. The first kappa shape index (κ1) is 23.5. The number of nitrogens with zero attached hydrogens (tertiary/aromatic N) is 5. The van der Waals surface area contributed by atoms with Gasteiger partial charge in [0.15, 0.2) is 5.82 Å². The van der Waals surface area contributed by atoms with Crippen LogP contribution in [0.3, 0.4) is 0 Å². The summed E-state index contributed by atoms with van der Waals surface area (Å²) in [5.41, 5.74) is 2.46. The van der Waals surface area contributed by atoms with Gasteiger partial charge in [0.05, 0.1) is 29.3 Å². The third-order valence-electron chi connectivity index (χ3n) is 6.09. The molecule has 0 radical (unpaired) electrons. The van der Waals surface area contributed by atoms with Crippen molar-refractivity contribution in [2.24, 2.45) is 0 Å². The average molecular weight is 493 g/mol. The molecule has 0 aliphatic carbocycles. The van der Waals surface area contributed by atoms with Crippen LogP contribution >= 0.6 is 0 Å². The molecule has 0 N–H and O–H groups in total. The zero-order valence-corrected chi connectivity index (χ0v) is 19.4. The zero-order chi connectivity index (χ0) is 25.3. The van der Waals surface area contributed by atoms with Gasteiger partial charge in [-0.3, -0.25) is 0 Å². The number of aromatic nitrogens is 3. The highest BCUT2D eigenvalue weighted by molar-refractivity contribution is 5.94. The Morgan fingerprint density at radius 2 is 1.61 bits per heavy atom. The van der Waals surface area contributed by atoms with Crippen molar-refractivity contribution in [3.63, 3.8) is 0 Å². The van der Waals surface area contributed by atoms with Crippen molar-refractivity contribution in [2.75, 3.05) is 43.1 Å². The number of hydrogen-bond donors (Lipinski definition) is 0. The Hall–Kier alpha value is -4.21. The van der Waals surface area contributed by atoms with Gasteiger partial charge in [0, 0.05) is 37.9 Å². The second kappa shape index (κ2) is 9.44. The third-order valence-corrected chi connectivity index (χ3v) is 6.09. The third kappa shape index (κ3) is 4.66. The number of fused-ring (bicyclic) bond motifs is 1. The van der Waals surface area contributed by atoms with Crippen LogP contribution in [0.15, 0.2) is 66.9 Å². The van der Waals surface area contributed by atoms with E-state index in [4.69, 9.17) is 14.7 Å². The maximum absolute atomic E-state index is 12.9. The number of piperazine rings is 1. The van der Waals surface area contributed by atoms with E-state index in [2.05, 4.69) is 9.88 Å². The number of rotatable bonds is 4. The quantitative estimate of drug-likeness (QED) is 0.378. The Balaban J connectivity index is 1.45. The van der Waals surface area contributed by atoms with Gasteiger partial charge >= 0.3 is 12.1 Å². The van der Waals surface area contributed by atoms with Crippen molar-refractivity contribution >= 4 is 28.6 Å². The summed E-state index contributed by atoms with van der Waals surface area (Å²) in [6.07, 6.45) is -3.55. The predicted octanol–water partition coefficient (Wildman–Crippen LogP) is 4.82. The molecule has 1 aliphatic rings. The first-order chi connectivity index (χ1) is 17.3. The van der Waals surface area contributed by atoms with Gasteiger partial charge in [-0.25, -0.2) is 19.7 Å². The lowest BCUT2D eigenvalue weighted by Gasteiger charge is -2.36. The molecule has 5 rings (SSSR count).